The molecule has 0 aliphatic heterocycles. The van der Waals surface area contributed by atoms with Crippen molar-refractivity contribution in [2.24, 2.45) is 0 Å². The van der Waals surface area contributed by atoms with Gasteiger partial charge in [0.1, 0.15) is 11.6 Å². The Morgan fingerprint density at radius 1 is 1.18 bits per heavy atom. The van der Waals surface area contributed by atoms with Crippen LogP contribution in [0.3, 0.4) is 0 Å². The summed E-state index contributed by atoms with van der Waals surface area (Å²) < 4.78 is 25.7. The van der Waals surface area contributed by atoms with Gasteiger partial charge in [0.05, 0.1) is 5.02 Å². The molecule has 0 radical (unpaired) electrons. The highest BCUT2D eigenvalue weighted by atomic mass is 35.5. The largest absolute Gasteiger partial charge is 0.206 e. The smallest absolute Gasteiger partial charge is 0.147 e. The van der Waals surface area contributed by atoms with Crippen LogP contribution in [0.2, 0.25) is 5.02 Å². The van der Waals surface area contributed by atoms with Gasteiger partial charge in [-0.1, -0.05) is 11.6 Å². The van der Waals surface area contributed by atoms with Crippen LogP contribution in [-0.4, -0.2) is 0 Å². The van der Waals surface area contributed by atoms with E-state index < -0.39 is 11.6 Å². The Morgan fingerprint density at radius 3 is 2.27 bits per heavy atom. The van der Waals surface area contributed by atoms with Crippen molar-refractivity contribution >= 4 is 11.6 Å². The summed E-state index contributed by atoms with van der Waals surface area (Å²) in [5.41, 5.74) is 0.351. The van der Waals surface area contributed by atoms with Crippen LogP contribution in [0.5, 0.6) is 0 Å². The van der Waals surface area contributed by atoms with Gasteiger partial charge < -0.3 is 0 Å². The molecular weight excluding hydrogens is 170 g/mol. The molecule has 1 aromatic carbocycles. The summed E-state index contributed by atoms with van der Waals surface area (Å²) in [4.78, 5) is 0. The average molecular weight is 177 g/mol. The van der Waals surface area contributed by atoms with E-state index in [0.717, 1.165) is 0 Å². The molecule has 0 fully saturated rings. The molecule has 60 valence electrons. The number of aryl methyl sites for hydroxylation is 1. The van der Waals surface area contributed by atoms with Crippen molar-refractivity contribution in [1.82, 2.24) is 0 Å². The molecule has 1 aromatic rings. The van der Waals surface area contributed by atoms with Gasteiger partial charge >= 0.3 is 0 Å². The van der Waals surface area contributed by atoms with Gasteiger partial charge in [0, 0.05) is 5.56 Å². The SMILES string of the molecule is Cc1cc(Cl)c(F)c(C)c1F. The van der Waals surface area contributed by atoms with Crippen LogP contribution in [0, 0.1) is 25.5 Å². The molecule has 11 heavy (non-hydrogen) atoms. The zero-order valence-corrected chi connectivity index (χ0v) is 6.97. The molecule has 0 aliphatic rings. The monoisotopic (exact) mass is 176 g/mol. The first-order valence-corrected chi connectivity index (χ1v) is 3.52. The molecule has 0 nitrogen and oxygen atoms in total. The average Bonchev–Trinajstić information content (AvgIpc) is 1.97. The Balaban J connectivity index is 3.46. The van der Waals surface area contributed by atoms with E-state index in [-0.39, 0.29) is 10.6 Å². The normalized spacial score (nSPS) is 10.3. The molecule has 0 N–H and O–H groups in total. The first kappa shape index (κ1) is 8.47. The number of halogens is 3. The Labute approximate surface area is 68.8 Å². The number of rotatable bonds is 0. The zero-order valence-electron chi connectivity index (χ0n) is 6.21. The molecule has 0 bridgehead atoms. The zero-order chi connectivity index (χ0) is 8.59. The predicted octanol–water partition coefficient (Wildman–Crippen LogP) is 3.24. The number of hydrogen-bond acceptors (Lipinski definition) is 0. The van der Waals surface area contributed by atoms with Gasteiger partial charge in [-0.2, -0.15) is 0 Å². The van der Waals surface area contributed by atoms with Crippen LogP contribution in [0.25, 0.3) is 0 Å². The summed E-state index contributed by atoms with van der Waals surface area (Å²) >= 11 is 5.45. The lowest BCUT2D eigenvalue weighted by Gasteiger charge is -2.03. The lowest BCUT2D eigenvalue weighted by Crippen LogP contribution is -1.93. The second kappa shape index (κ2) is 2.78. The highest BCUT2D eigenvalue weighted by Crippen LogP contribution is 2.22. The summed E-state index contributed by atoms with van der Waals surface area (Å²) in [5, 5.41) is -0.0265. The maximum Gasteiger partial charge on any atom is 0.147 e. The Morgan fingerprint density at radius 2 is 1.73 bits per heavy atom. The lowest BCUT2D eigenvalue weighted by molar-refractivity contribution is 0.562. The summed E-state index contributed by atoms with van der Waals surface area (Å²) in [6.07, 6.45) is 0. The van der Waals surface area contributed by atoms with Crippen LogP contribution in [-0.2, 0) is 0 Å². The first-order chi connectivity index (χ1) is 5.04. The molecule has 0 aromatic heterocycles. The van der Waals surface area contributed by atoms with Crippen LogP contribution in [0.4, 0.5) is 8.78 Å². The van der Waals surface area contributed by atoms with Crippen LogP contribution in [0.1, 0.15) is 11.1 Å². The van der Waals surface area contributed by atoms with Gasteiger partial charge in [-0.05, 0) is 25.5 Å². The van der Waals surface area contributed by atoms with E-state index in [1.54, 1.807) is 6.92 Å². The van der Waals surface area contributed by atoms with Gasteiger partial charge in [0.15, 0.2) is 0 Å². The Hall–Kier alpha value is -0.630. The number of benzene rings is 1. The Kier molecular flexibility index (Phi) is 2.14. The third-order valence-electron chi connectivity index (χ3n) is 1.56. The highest BCUT2D eigenvalue weighted by molar-refractivity contribution is 6.30. The van der Waals surface area contributed by atoms with E-state index in [9.17, 15) is 8.78 Å². The van der Waals surface area contributed by atoms with E-state index in [2.05, 4.69) is 0 Å². The molecule has 0 aliphatic carbocycles. The van der Waals surface area contributed by atoms with Crippen molar-refractivity contribution in [2.75, 3.05) is 0 Å². The van der Waals surface area contributed by atoms with Gasteiger partial charge in [0.2, 0.25) is 0 Å². The topological polar surface area (TPSA) is 0 Å². The van der Waals surface area contributed by atoms with Gasteiger partial charge in [-0.25, -0.2) is 8.78 Å². The molecule has 0 atom stereocenters. The molecule has 0 spiro atoms. The summed E-state index contributed by atoms with van der Waals surface area (Å²) in [6, 6.07) is 1.28. The van der Waals surface area contributed by atoms with E-state index >= 15 is 0 Å². The fourth-order valence-electron chi connectivity index (χ4n) is 0.888. The third kappa shape index (κ3) is 1.36. The van der Waals surface area contributed by atoms with Crippen LogP contribution >= 0.6 is 11.6 Å². The van der Waals surface area contributed by atoms with E-state index in [1.807, 2.05) is 0 Å². The summed E-state index contributed by atoms with van der Waals surface area (Å²) in [5.74, 6) is -1.19. The van der Waals surface area contributed by atoms with Crippen molar-refractivity contribution in [2.45, 2.75) is 13.8 Å². The Bertz CT molecular complexity index is 268. The molecule has 0 heterocycles. The lowest BCUT2D eigenvalue weighted by atomic mass is 10.1. The van der Waals surface area contributed by atoms with E-state index in [4.69, 9.17) is 11.6 Å². The van der Waals surface area contributed by atoms with Crippen molar-refractivity contribution in [3.05, 3.63) is 33.9 Å². The quantitative estimate of drug-likeness (QED) is 0.533. The summed E-state index contributed by atoms with van der Waals surface area (Å²) in [7, 11) is 0. The maximum absolute atomic E-state index is 12.9. The number of hydrogen-bond donors (Lipinski definition) is 0. The van der Waals surface area contributed by atoms with Crippen molar-refractivity contribution in [3.8, 4) is 0 Å². The minimum atomic E-state index is -0.672. The van der Waals surface area contributed by atoms with Crippen molar-refractivity contribution in [3.63, 3.8) is 0 Å². The van der Waals surface area contributed by atoms with Gasteiger partial charge in [-0.3, -0.25) is 0 Å². The maximum atomic E-state index is 12.9. The molecular formula is C8H7ClF2. The van der Waals surface area contributed by atoms with Crippen LogP contribution in [0.15, 0.2) is 6.07 Å². The fraction of sp³-hybridized carbons (Fsp3) is 0.250. The second-order valence-electron chi connectivity index (χ2n) is 2.43. The molecule has 1 rings (SSSR count). The molecule has 3 heteroatoms. The van der Waals surface area contributed by atoms with Crippen molar-refractivity contribution in [1.29, 1.82) is 0 Å². The van der Waals surface area contributed by atoms with E-state index in [1.165, 1.54) is 13.0 Å². The van der Waals surface area contributed by atoms with Crippen molar-refractivity contribution < 1.29 is 8.78 Å². The minimum Gasteiger partial charge on any atom is -0.206 e. The highest BCUT2D eigenvalue weighted by Gasteiger charge is 2.10. The van der Waals surface area contributed by atoms with Gasteiger partial charge in [0.25, 0.3) is 0 Å². The molecule has 0 saturated heterocycles. The van der Waals surface area contributed by atoms with Gasteiger partial charge in [-0.15, -0.1) is 0 Å². The second-order valence-corrected chi connectivity index (χ2v) is 2.84. The minimum absolute atomic E-state index is 0.0185. The molecule has 0 unspecified atom stereocenters. The standard InChI is InChI=1S/C8H7ClF2/c1-4-3-6(9)8(11)5(2)7(4)10/h3H,1-2H3. The van der Waals surface area contributed by atoms with Crippen LogP contribution < -0.4 is 0 Å². The molecule has 0 saturated carbocycles. The third-order valence-corrected chi connectivity index (χ3v) is 1.83. The molecule has 0 amide bonds. The fourth-order valence-corrected chi connectivity index (χ4v) is 1.19. The first-order valence-electron chi connectivity index (χ1n) is 3.14. The summed E-state index contributed by atoms with van der Waals surface area (Å²) in [6.45, 7) is 2.91. The van der Waals surface area contributed by atoms with E-state index in [0.29, 0.717) is 5.56 Å². The predicted molar refractivity (Wildman–Crippen MR) is 40.8 cm³/mol.